The molecule has 5 heteroatoms. The molecule has 2 aromatic rings. The second kappa shape index (κ2) is 5.95. The normalized spacial score (nSPS) is 19.8. The highest BCUT2D eigenvalue weighted by Crippen LogP contribution is 2.35. The van der Waals surface area contributed by atoms with Crippen LogP contribution in [0.1, 0.15) is 38.5 Å². The largest absolute Gasteiger partial charge is 0.437 e. The predicted octanol–water partition coefficient (Wildman–Crippen LogP) is 3.84. The van der Waals surface area contributed by atoms with Crippen molar-refractivity contribution in [1.29, 1.82) is 0 Å². The molecule has 0 aromatic carbocycles. The van der Waals surface area contributed by atoms with Gasteiger partial charge in [0.25, 0.3) is 0 Å². The molecule has 118 valence electrons. The summed E-state index contributed by atoms with van der Waals surface area (Å²) in [6.45, 7) is 4.14. The van der Waals surface area contributed by atoms with Gasteiger partial charge in [-0.2, -0.15) is 0 Å². The molecule has 4 rings (SSSR count). The second-order valence-electron chi connectivity index (χ2n) is 6.32. The highest BCUT2D eigenvalue weighted by molar-refractivity contribution is 7.17. The summed E-state index contributed by atoms with van der Waals surface area (Å²) in [5.41, 5.74) is 2.03. The van der Waals surface area contributed by atoms with Gasteiger partial charge in [0.2, 0.25) is 5.43 Å². The number of rotatable bonds is 2. The molecule has 0 unspecified atom stereocenters. The highest BCUT2D eigenvalue weighted by Gasteiger charge is 2.21. The Morgan fingerprint density at radius 2 is 1.55 bits per heavy atom. The first kappa shape index (κ1) is 14.1. The van der Waals surface area contributed by atoms with E-state index in [4.69, 9.17) is 4.42 Å². The first-order valence-corrected chi connectivity index (χ1v) is 9.26. The zero-order valence-electron chi connectivity index (χ0n) is 12.8. The number of fused-ring (bicyclic) bond motifs is 1. The molecule has 2 aliphatic heterocycles. The molecule has 0 N–H and O–H groups in total. The maximum atomic E-state index is 12.4. The summed E-state index contributed by atoms with van der Waals surface area (Å²) < 4.78 is 6.97. The Balaban J connectivity index is 1.75. The van der Waals surface area contributed by atoms with Gasteiger partial charge >= 0.3 is 0 Å². The molecule has 4 nitrogen and oxygen atoms in total. The van der Waals surface area contributed by atoms with Crippen LogP contribution in [0.3, 0.4) is 0 Å². The van der Waals surface area contributed by atoms with Crippen LogP contribution in [-0.4, -0.2) is 26.2 Å². The summed E-state index contributed by atoms with van der Waals surface area (Å²) in [4.78, 5) is 17.0. The third kappa shape index (κ3) is 2.51. The van der Waals surface area contributed by atoms with E-state index < -0.39 is 0 Å². The van der Waals surface area contributed by atoms with Crippen LogP contribution in [0.15, 0.2) is 20.7 Å². The van der Waals surface area contributed by atoms with Crippen LogP contribution in [0.5, 0.6) is 0 Å². The fourth-order valence-electron chi connectivity index (χ4n) is 3.54. The van der Waals surface area contributed by atoms with E-state index in [1.54, 1.807) is 6.07 Å². The van der Waals surface area contributed by atoms with Gasteiger partial charge < -0.3 is 14.2 Å². The number of hydrogen-bond acceptors (Lipinski definition) is 5. The number of thiophene rings is 1. The molecular formula is C17H22N2O2S. The van der Waals surface area contributed by atoms with Crippen LogP contribution >= 0.6 is 11.3 Å². The third-order valence-electron chi connectivity index (χ3n) is 4.78. The summed E-state index contributed by atoms with van der Waals surface area (Å²) in [5.74, 6) is 0.758. The van der Waals surface area contributed by atoms with Gasteiger partial charge in [-0.05, 0) is 38.5 Å². The molecule has 22 heavy (non-hydrogen) atoms. The molecule has 0 atom stereocenters. The predicted molar refractivity (Wildman–Crippen MR) is 92.5 cm³/mol. The van der Waals surface area contributed by atoms with Gasteiger partial charge in [-0.25, -0.2) is 0 Å². The van der Waals surface area contributed by atoms with Gasteiger partial charge in [-0.1, -0.05) is 0 Å². The maximum Gasteiger partial charge on any atom is 0.204 e. The average molecular weight is 318 g/mol. The molecule has 2 aromatic heterocycles. The van der Waals surface area contributed by atoms with Crippen LogP contribution in [0.2, 0.25) is 0 Å². The topological polar surface area (TPSA) is 36.7 Å². The minimum Gasteiger partial charge on any atom is -0.437 e. The highest BCUT2D eigenvalue weighted by atomic mass is 32.1. The summed E-state index contributed by atoms with van der Waals surface area (Å²) in [5, 5.41) is 2.10. The Labute approximate surface area is 134 Å². The molecule has 0 saturated carbocycles. The van der Waals surface area contributed by atoms with Crippen molar-refractivity contribution in [3.05, 3.63) is 21.7 Å². The first-order valence-electron chi connectivity index (χ1n) is 8.38. The van der Waals surface area contributed by atoms with Gasteiger partial charge in [-0.15, -0.1) is 11.3 Å². The number of anilines is 2. The van der Waals surface area contributed by atoms with Crippen LogP contribution in [-0.2, 0) is 0 Å². The molecule has 4 heterocycles. The van der Waals surface area contributed by atoms with Gasteiger partial charge in [0, 0.05) is 37.6 Å². The number of hydrogen-bond donors (Lipinski definition) is 0. The second-order valence-corrected chi connectivity index (χ2v) is 7.20. The third-order valence-corrected chi connectivity index (χ3v) is 5.74. The molecule has 0 bridgehead atoms. The molecule has 2 saturated heterocycles. The van der Waals surface area contributed by atoms with E-state index in [2.05, 4.69) is 15.2 Å². The van der Waals surface area contributed by atoms with Crippen molar-refractivity contribution in [3.63, 3.8) is 0 Å². The van der Waals surface area contributed by atoms with Crippen molar-refractivity contribution in [1.82, 2.24) is 0 Å². The summed E-state index contributed by atoms with van der Waals surface area (Å²) in [7, 11) is 0. The Hall–Kier alpha value is -1.49. The summed E-state index contributed by atoms with van der Waals surface area (Å²) in [6, 6.07) is 1.68. The van der Waals surface area contributed by atoms with E-state index in [0.717, 1.165) is 48.0 Å². The first-order chi connectivity index (χ1) is 10.8. The van der Waals surface area contributed by atoms with E-state index >= 15 is 0 Å². The SMILES string of the molecule is O=c1cc(N2CCCCC2)oc2c(N3CCCCC3)csc12. The van der Waals surface area contributed by atoms with Gasteiger partial charge in [0.15, 0.2) is 11.5 Å². The van der Waals surface area contributed by atoms with Crippen molar-refractivity contribution in [2.45, 2.75) is 38.5 Å². The summed E-state index contributed by atoms with van der Waals surface area (Å²) in [6.07, 6.45) is 7.41. The maximum absolute atomic E-state index is 12.4. The lowest BCUT2D eigenvalue weighted by Gasteiger charge is -2.29. The van der Waals surface area contributed by atoms with E-state index in [1.165, 1.54) is 49.9 Å². The molecule has 0 radical (unpaired) electrons. The van der Waals surface area contributed by atoms with E-state index in [1.807, 2.05) is 0 Å². The minimum atomic E-state index is 0.107. The van der Waals surface area contributed by atoms with E-state index in [0.29, 0.717) is 0 Å². The monoisotopic (exact) mass is 318 g/mol. The van der Waals surface area contributed by atoms with Crippen LogP contribution in [0, 0.1) is 0 Å². The fourth-order valence-corrected chi connectivity index (χ4v) is 4.46. The van der Waals surface area contributed by atoms with Crippen molar-refractivity contribution in [2.75, 3.05) is 36.0 Å². The van der Waals surface area contributed by atoms with Gasteiger partial charge in [0.1, 0.15) is 4.70 Å². The van der Waals surface area contributed by atoms with E-state index in [-0.39, 0.29) is 5.43 Å². The zero-order chi connectivity index (χ0) is 14.9. The Bertz CT molecular complexity index is 709. The fraction of sp³-hybridized carbons (Fsp3) is 0.588. The smallest absolute Gasteiger partial charge is 0.204 e. The van der Waals surface area contributed by atoms with Gasteiger partial charge in [0.05, 0.1) is 5.69 Å². The Morgan fingerprint density at radius 1 is 0.909 bits per heavy atom. The van der Waals surface area contributed by atoms with Crippen LogP contribution < -0.4 is 15.2 Å². The van der Waals surface area contributed by atoms with Gasteiger partial charge in [-0.3, -0.25) is 4.79 Å². The zero-order valence-corrected chi connectivity index (χ0v) is 13.7. The van der Waals surface area contributed by atoms with Crippen LogP contribution in [0.4, 0.5) is 11.6 Å². The van der Waals surface area contributed by atoms with Crippen LogP contribution in [0.25, 0.3) is 10.3 Å². The van der Waals surface area contributed by atoms with Crippen molar-refractivity contribution >= 4 is 33.2 Å². The lowest BCUT2D eigenvalue weighted by molar-refractivity contribution is 0.511. The Kier molecular flexibility index (Phi) is 3.82. The minimum absolute atomic E-state index is 0.107. The van der Waals surface area contributed by atoms with Crippen molar-refractivity contribution in [3.8, 4) is 0 Å². The lowest BCUT2D eigenvalue weighted by Crippen LogP contribution is -2.30. The Morgan fingerprint density at radius 3 is 2.23 bits per heavy atom. The molecule has 2 aliphatic rings. The lowest BCUT2D eigenvalue weighted by atomic mass is 10.1. The molecule has 2 fully saturated rings. The number of nitrogens with zero attached hydrogens (tertiary/aromatic N) is 2. The summed E-state index contributed by atoms with van der Waals surface area (Å²) >= 11 is 1.52. The van der Waals surface area contributed by atoms with Crippen molar-refractivity contribution in [2.24, 2.45) is 0 Å². The standard InChI is InChI=1S/C17H22N2O2S/c20-14-11-15(19-9-5-2-6-10-19)21-16-13(12-22-17(14)16)18-7-3-1-4-8-18/h11-12H,1-10H2. The molecular weight excluding hydrogens is 296 g/mol. The molecule has 0 amide bonds. The van der Waals surface area contributed by atoms with E-state index in [9.17, 15) is 4.79 Å². The number of piperidine rings is 2. The molecule has 0 aliphatic carbocycles. The van der Waals surface area contributed by atoms with Crippen molar-refractivity contribution < 1.29 is 4.42 Å². The average Bonchev–Trinajstić information content (AvgIpc) is 3.01. The molecule has 0 spiro atoms. The quantitative estimate of drug-likeness (QED) is 0.843.